The van der Waals surface area contributed by atoms with Crippen LogP contribution in [0.4, 0.5) is 0 Å². The summed E-state index contributed by atoms with van der Waals surface area (Å²) in [7, 11) is 1.63. The summed E-state index contributed by atoms with van der Waals surface area (Å²) < 4.78 is 5.12. The number of methoxy groups -OCH3 is 1. The van der Waals surface area contributed by atoms with Crippen molar-refractivity contribution in [2.75, 3.05) is 20.2 Å². The first-order valence-corrected chi connectivity index (χ1v) is 9.04. The molecule has 1 N–H and O–H groups in total. The van der Waals surface area contributed by atoms with E-state index in [0.717, 1.165) is 36.5 Å². The number of nitrogens with one attached hydrogen (secondary N) is 1. The Hall–Kier alpha value is -2.59. The standard InChI is InChI=1S/C22H28N2O2/c1-4-24(5-2)17-20-8-6-19(7-9-20)16-23-22(25)15-12-18-10-13-21(26-3)14-11-18/h6-15H,4-5,16-17H2,1-3H3,(H,23,25). The molecule has 0 aromatic heterocycles. The smallest absolute Gasteiger partial charge is 0.244 e. The fourth-order valence-corrected chi connectivity index (χ4v) is 2.60. The Morgan fingerprint density at radius 1 is 1.00 bits per heavy atom. The van der Waals surface area contributed by atoms with Crippen LogP contribution >= 0.6 is 0 Å². The lowest BCUT2D eigenvalue weighted by molar-refractivity contribution is -0.116. The molecule has 0 heterocycles. The van der Waals surface area contributed by atoms with Crippen LogP contribution in [-0.4, -0.2) is 31.0 Å². The van der Waals surface area contributed by atoms with Gasteiger partial charge in [0, 0.05) is 19.2 Å². The van der Waals surface area contributed by atoms with E-state index in [2.05, 4.69) is 48.3 Å². The van der Waals surface area contributed by atoms with E-state index in [4.69, 9.17) is 4.74 Å². The van der Waals surface area contributed by atoms with Crippen LogP contribution in [0.25, 0.3) is 6.08 Å². The number of nitrogens with zero attached hydrogens (tertiary/aromatic N) is 1. The molecular weight excluding hydrogens is 324 g/mol. The van der Waals surface area contributed by atoms with Crippen molar-refractivity contribution in [1.82, 2.24) is 10.2 Å². The highest BCUT2D eigenvalue weighted by Gasteiger charge is 2.02. The number of ether oxygens (including phenoxy) is 1. The van der Waals surface area contributed by atoms with Crippen molar-refractivity contribution in [3.8, 4) is 5.75 Å². The topological polar surface area (TPSA) is 41.6 Å². The van der Waals surface area contributed by atoms with Gasteiger partial charge in [0.1, 0.15) is 5.75 Å². The summed E-state index contributed by atoms with van der Waals surface area (Å²) in [6.45, 7) is 7.94. The molecule has 138 valence electrons. The van der Waals surface area contributed by atoms with Gasteiger partial charge in [0.25, 0.3) is 0 Å². The summed E-state index contributed by atoms with van der Waals surface area (Å²) in [5.74, 6) is 0.698. The highest BCUT2D eigenvalue weighted by atomic mass is 16.5. The van der Waals surface area contributed by atoms with Crippen LogP contribution in [0.2, 0.25) is 0 Å². The Balaban J connectivity index is 1.81. The zero-order valence-corrected chi connectivity index (χ0v) is 15.9. The summed E-state index contributed by atoms with van der Waals surface area (Å²) in [4.78, 5) is 14.3. The molecule has 26 heavy (non-hydrogen) atoms. The van der Waals surface area contributed by atoms with E-state index in [-0.39, 0.29) is 5.91 Å². The highest BCUT2D eigenvalue weighted by Crippen LogP contribution is 2.12. The van der Waals surface area contributed by atoms with Gasteiger partial charge in [-0.1, -0.05) is 50.2 Å². The van der Waals surface area contributed by atoms with Crippen LogP contribution in [-0.2, 0) is 17.9 Å². The Morgan fingerprint density at radius 2 is 1.62 bits per heavy atom. The quantitative estimate of drug-likeness (QED) is 0.697. The summed E-state index contributed by atoms with van der Waals surface area (Å²) in [5.41, 5.74) is 3.35. The second-order valence-corrected chi connectivity index (χ2v) is 6.10. The SMILES string of the molecule is CCN(CC)Cc1ccc(CNC(=O)C=Cc2ccc(OC)cc2)cc1. The van der Waals surface area contributed by atoms with E-state index in [1.165, 1.54) is 5.56 Å². The van der Waals surface area contributed by atoms with Gasteiger partial charge in [-0.25, -0.2) is 0 Å². The molecule has 2 aromatic rings. The van der Waals surface area contributed by atoms with Gasteiger partial charge in [-0.05, 0) is 48.0 Å². The van der Waals surface area contributed by atoms with Gasteiger partial charge in [-0.15, -0.1) is 0 Å². The molecule has 0 atom stereocenters. The number of carbonyl (C=O) groups is 1. The van der Waals surface area contributed by atoms with Crippen LogP contribution in [0.15, 0.2) is 54.6 Å². The van der Waals surface area contributed by atoms with Gasteiger partial charge in [0.2, 0.25) is 5.91 Å². The fraction of sp³-hybridized carbons (Fsp3) is 0.318. The Kier molecular flexibility index (Phi) is 7.90. The zero-order chi connectivity index (χ0) is 18.8. The van der Waals surface area contributed by atoms with Gasteiger partial charge in [0.15, 0.2) is 0 Å². The molecule has 0 spiro atoms. The van der Waals surface area contributed by atoms with Crippen LogP contribution in [0.5, 0.6) is 5.75 Å². The van der Waals surface area contributed by atoms with Gasteiger partial charge < -0.3 is 10.1 Å². The lowest BCUT2D eigenvalue weighted by Gasteiger charge is -2.18. The summed E-state index contributed by atoms with van der Waals surface area (Å²) in [6.07, 6.45) is 3.35. The molecule has 0 saturated carbocycles. The normalized spacial score (nSPS) is 11.1. The molecule has 0 saturated heterocycles. The van der Waals surface area contributed by atoms with Gasteiger partial charge in [-0.2, -0.15) is 0 Å². The Bertz CT molecular complexity index is 702. The highest BCUT2D eigenvalue weighted by molar-refractivity contribution is 5.91. The lowest BCUT2D eigenvalue weighted by atomic mass is 10.1. The molecule has 2 aromatic carbocycles. The van der Waals surface area contributed by atoms with E-state index in [9.17, 15) is 4.79 Å². The van der Waals surface area contributed by atoms with Crippen molar-refractivity contribution >= 4 is 12.0 Å². The number of rotatable bonds is 9. The van der Waals surface area contributed by atoms with E-state index >= 15 is 0 Å². The third-order valence-corrected chi connectivity index (χ3v) is 4.33. The summed E-state index contributed by atoms with van der Waals surface area (Å²) in [5, 5.41) is 2.91. The minimum Gasteiger partial charge on any atom is -0.497 e. The average molecular weight is 352 g/mol. The molecule has 1 amide bonds. The predicted octanol–water partition coefficient (Wildman–Crippen LogP) is 3.87. The van der Waals surface area contributed by atoms with Crippen molar-refractivity contribution in [3.05, 3.63) is 71.3 Å². The Labute approximate surface area is 156 Å². The minimum atomic E-state index is -0.104. The molecule has 0 fully saturated rings. The largest absolute Gasteiger partial charge is 0.497 e. The first-order valence-electron chi connectivity index (χ1n) is 9.04. The summed E-state index contributed by atoms with van der Waals surface area (Å²) >= 11 is 0. The lowest BCUT2D eigenvalue weighted by Crippen LogP contribution is -2.22. The predicted molar refractivity (Wildman–Crippen MR) is 107 cm³/mol. The number of hydrogen-bond acceptors (Lipinski definition) is 3. The number of amides is 1. The van der Waals surface area contributed by atoms with E-state index in [0.29, 0.717) is 6.54 Å². The molecule has 0 radical (unpaired) electrons. The maximum absolute atomic E-state index is 12.0. The second kappa shape index (κ2) is 10.4. The molecule has 0 aliphatic rings. The number of carbonyl (C=O) groups excluding carboxylic acids is 1. The van der Waals surface area contributed by atoms with Crippen molar-refractivity contribution in [3.63, 3.8) is 0 Å². The van der Waals surface area contributed by atoms with Crippen LogP contribution in [0.3, 0.4) is 0 Å². The van der Waals surface area contributed by atoms with E-state index < -0.39 is 0 Å². The van der Waals surface area contributed by atoms with E-state index in [1.807, 2.05) is 24.3 Å². The third-order valence-electron chi connectivity index (χ3n) is 4.33. The van der Waals surface area contributed by atoms with Gasteiger partial charge >= 0.3 is 0 Å². The minimum absolute atomic E-state index is 0.104. The van der Waals surface area contributed by atoms with Crippen molar-refractivity contribution < 1.29 is 9.53 Å². The molecule has 4 heteroatoms. The second-order valence-electron chi connectivity index (χ2n) is 6.10. The molecule has 0 unspecified atom stereocenters. The number of benzene rings is 2. The van der Waals surface area contributed by atoms with Gasteiger partial charge in [-0.3, -0.25) is 9.69 Å². The first kappa shape index (κ1) is 19.7. The van der Waals surface area contributed by atoms with Crippen LogP contribution in [0, 0.1) is 0 Å². The van der Waals surface area contributed by atoms with E-state index in [1.54, 1.807) is 19.3 Å². The molecule has 4 nitrogen and oxygen atoms in total. The third kappa shape index (κ3) is 6.37. The molecule has 0 aliphatic heterocycles. The van der Waals surface area contributed by atoms with Crippen LogP contribution < -0.4 is 10.1 Å². The maximum Gasteiger partial charge on any atom is 0.244 e. The average Bonchev–Trinajstić information content (AvgIpc) is 2.70. The monoisotopic (exact) mass is 352 g/mol. The van der Waals surface area contributed by atoms with Crippen LogP contribution in [0.1, 0.15) is 30.5 Å². The fourth-order valence-electron chi connectivity index (χ4n) is 2.60. The van der Waals surface area contributed by atoms with Crippen molar-refractivity contribution in [2.45, 2.75) is 26.9 Å². The van der Waals surface area contributed by atoms with Gasteiger partial charge in [0.05, 0.1) is 7.11 Å². The van der Waals surface area contributed by atoms with Crippen molar-refractivity contribution in [2.24, 2.45) is 0 Å². The first-order chi connectivity index (χ1) is 12.6. The molecule has 0 aliphatic carbocycles. The van der Waals surface area contributed by atoms with Crippen molar-refractivity contribution in [1.29, 1.82) is 0 Å². The summed E-state index contributed by atoms with van der Waals surface area (Å²) in [6, 6.07) is 16.0. The maximum atomic E-state index is 12.0. The zero-order valence-electron chi connectivity index (χ0n) is 15.9. The molecular formula is C22H28N2O2. The Morgan fingerprint density at radius 3 is 2.19 bits per heavy atom. The number of hydrogen-bond donors (Lipinski definition) is 1. The molecule has 0 bridgehead atoms. The molecule has 2 rings (SSSR count).